The molecule has 26 heavy (non-hydrogen) atoms. The number of aliphatic hydroxyl groups excluding tert-OH is 1. The van der Waals surface area contributed by atoms with Gasteiger partial charge in [0.2, 0.25) is 5.91 Å². The van der Waals surface area contributed by atoms with Crippen LogP contribution in [0, 0.1) is 0 Å². The molecule has 0 spiro atoms. The van der Waals surface area contributed by atoms with Crippen LogP contribution in [-0.4, -0.2) is 41.6 Å². The Kier molecular flexibility index (Phi) is 6.26. The lowest BCUT2D eigenvalue weighted by atomic mass is 10.0. The van der Waals surface area contributed by atoms with E-state index in [0.29, 0.717) is 12.6 Å². The number of anilines is 2. The van der Waals surface area contributed by atoms with Crippen molar-refractivity contribution in [1.82, 2.24) is 4.90 Å². The van der Waals surface area contributed by atoms with Gasteiger partial charge < -0.3 is 20.6 Å². The second-order valence-corrected chi connectivity index (χ2v) is 6.91. The van der Waals surface area contributed by atoms with Crippen molar-refractivity contribution in [3.05, 3.63) is 60.2 Å². The smallest absolute Gasteiger partial charge is 0.221 e. The number of carbonyl (C=O) groups is 1. The molecule has 0 aromatic heterocycles. The van der Waals surface area contributed by atoms with Gasteiger partial charge in [-0.05, 0) is 36.6 Å². The number of nitrogens with one attached hydrogen (secondary N) is 2. The Morgan fingerprint density at radius 2 is 1.81 bits per heavy atom. The Morgan fingerprint density at radius 3 is 2.50 bits per heavy atom. The zero-order valence-corrected chi connectivity index (χ0v) is 15.2. The molecule has 1 atom stereocenters. The summed E-state index contributed by atoms with van der Waals surface area (Å²) in [6, 6.07) is 18.1. The number of hydrogen-bond acceptors (Lipinski definition) is 4. The maximum absolute atomic E-state index is 11.2. The Balaban J connectivity index is 1.47. The van der Waals surface area contributed by atoms with Crippen LogP contribution in [0.2, 0.25) is 0 Å². The van der Waals surface area contributed by atoms with Crippen LogP contribution < -0.4 is 10.6 Å². The van der Waals surface area contributed by atoms with Gasteiger partial charge in [0.05, 0.1) is 6.10 Å². The topological polar surface area (TPSA) is 64.6 Å². The molecule has 3 N–H and O–H groups in total. The normalized spacial score (nSPS) is 16.8. The van der Waals surface area contributed by atoms with Crippen molar-refractivity contribution < 1.29 is 9.90 Å². The van der Waals surface area contributed by atoms with Crippen molar-refractivity contribution in [2.75, 3.05) is 30.3 Å². The Bertz CT molecular complexity index is 712. The maximum Gasteiger partial charge on any atom is 0.221 e. The molecule has 5 heteroatoms. The van der Waals surface area contributed by atoms with Crippen LogP contribution in [0.4, 0.5) is 11.4 Å². The van der Waals surface area contributed by atoms with Crippen molar-refractivity contribution in [3.8, 4) is 0 Å². The van der Waals surface area contributed by atoms with Crippen LogP contribution in [0.5, 0.6) is 0 Å². The molecular weight excluding hydrogens is 326 g/mol. The van der Waals surface area contributed by atoms with E-state index in [0.717, 1.165) is 42.9 Å². The highest BCUT2D eigenvalue weighted by Crippen LogP contribution is 2.21. The highest BCUT2D eigenvalue weighted by atomic mass is 16.3. The van der Waals surface area contributed by atoms with Crippen LogP contribution in [0.3, 0.4) is 0 Å². The molecule has 0 bridgehead atoms. The largest absolute Gasteiger partial charge is 0.387 e. The number of amides is 1. The van der Waals surface area contributed by atoms with Crippen LogP contribution in [0.1, 0.15) is 31.4 Å². The standard InChI is InChI=1S/C21H27N3O2/c1-16(25)22-19-8-5-9-20(14-19)23-18-10-12-24(13-11-18)15-21(26)17-6-3-2-4-7-17/h2-9,14,18,21,23,26H,10-13,15H2,1H3,(H,22,25). The number of rotatable bonds is 6. The third-order valence-electron chi connectivity index (χ3n) is 4.76. The Labute approximate surface area is 155 Å². The summed E-state index contributed by atoms with van der Waals surface area (Å²) in [5.41, 5.74) is 2.81. The van der Waals surface area contributed by atoms with E-state index in [-0.39, 0.29) is 5.91 Å². The molecule has 3 rings (SSSR count). The molecule has 5 nitrogen and oxygen atoms in total. The maximum atomic E-state index is 11.2. The summed E-state index contributed by atoms with van der Waals surface area (Å²) in [5.74, 6) is -0.0626. The number of β-amino-alcohol motifs (C(OH)–C–C–N with tert-alkyl or cyclic N) is 1. The highest BCUT2D eigenvalue weighted by Gasteiger charge is 2.21. The first-order valence-corrected chi connectivity index (χ1v) is 9.20. The second-order valence-electron chi connectivity index (χ2n) is 6.91. The zero-order valence-electron chi connectivity index (χ0n) is 15.2. The predicted molar refractivity (Wildman–Crippen MR) is 105 cm³/mol. The second kappa shape index (κ2) is 8.83. The van der Waals surface area contributed by atoms with Crippen LogP contribution in [0.25, 0.3) is 0 Å². The van der Waals surface area contributed by atoms with Crippen molar-refractivity contribution in [2.24, 2.45) is 0 Å². The highest BCUT2D eigenvalue weighted by molar-refractivity contribution is 5.89. The molecule has 1 amide bonds. The Hall–Kier alpha value is -2.37. The molecule has 1 aliphatic heterocycles. The molecule has 2 aromatic carbocycles. The van der Waals surface area contributed by atoms with E-state index >= 15 is 0 Å². The average molecular weight is 353 g/mol. The van der Waals surface area contributed by atoms with Gasteiger partial charge in [-0.25, -0.2) is 0 Å². The zero-order chi connectivity index (χ0) is 18.4. The molecule has 1 aliphatic rings. The molecule has 0 radical (unpaired) electrons. The Morgan fingerprint density at radius 1 is 1.12 bits per heavy atom. The van der Waals surface area contributed by atoms with Gasteiger partial charge in [-0.15, -0.1) is 0 Å². The minimum Gasteiger partial charge on any atom is -0.387 e. The summed E-state index contributed by atoms with van der Waals surface area (Å²) in [6.45, 7) is 4.12. The number of carbonyl (C=O) groups excluding carboxylic acids is 1. The minimum absolute atomic E-state index is 0.0626. The predicted octanol–water partition coefficient (Wildman–Crippen LogP) is 3.25. The molecule has 1 unspecified atom stereocenters. The molecule has 1 saturated heterocycles. The third-order valence-corrected chi connectivity index (χ3v) is 4.76. The lowest BCUT2D eigenvalue weighted by Gasteiger charge is -2.34. The molecule has 1 fully saturated rings. The van der Waals surface area contributed by atoms with Crippen molar-refractivity contribution in [2.45, 2.75) is 31.9 Å². The lowest BCUT2D eigenvalue weighted by molar-refractivity contribution is -0.114. The van der Waals surface area contributed by atoms with Gasteiger partial charge in [0.15, 0.2) is 0 Å². The molecule has 2 aromatic rings. The number of nitrogens with zero attached hydrogens (tertiary/aromatic N) is 1. The summed E-state index contributed by atoms with van der Waals surface area (Å²) < 4.78 is 0. The van der Waals surface area contributed by atoms with Gasteiger partial charge in [0.1, 0.15) is 0 Å². The van der Waals surface area contributed by atoms with Gasteiger partial charge >= 0.3 is 0 Å². The average Bonchev–Trinajstić information content (AvgIpc) is 2.64. The van der Waals surface area contributed by atoms with Gasteiger partial charge in [-0.2, -0.15) is 0 Å². The first-order chi connectivity index (χ1) is 12.6. The van der Waals surface area contributed by atoms with Crippen molar-refractivity contribution >= 4 is 17.3 Å². The lowest BCUT2D eigenvalue weighted by Crippen LogP contribution is -2.40. The monoisotopic (exact) mass is 353 g/mol. The number of aliphatic hydroxyl groups is 1. The molecule has 0 saturated carbocycles. The van der Waals surface area contributed by atoms with Crippen molar-refractivity contribution in [3.63, 3.8) is 0 Å². The number of piperidine rings is 1. The van der Waals surface area contributed by atoms with Gasteiger partial charge in [-0.1, -0.05) is 36.4 Å². The summed E-state index contributed by atoms with van der Waals surface area (Å²) >= 11 is 0. The fourth-order valence-electron chi connectivity index (χ4n) is 3.41. The number of hydrogen-bond donors (Lipinski definition) is 3. The summed E-state index contributed by atoms with van der Waals surface area (Å²) in [5, 5.41) is 16.8. The van der Waals surface area contributed by atoms with E-state index in [1.807, 2.05) is 54.6 Å². The minimum atomic E-state index is -0.435. The van der Waals surface area contributed by atoms with E-state index in [9.17, 15) is 9.90 Å². The van der Waals surface area contributed by atoms with E-state index < -0.39 is 6.10 Å². The first kappa shape index (κ1) is 18.4. The fourth-order valence-corrected chi connectivity index (χ4v) is 3.41. The van der Waals surface area contributed by atoms with E-state index in [1.54, 1.807) is 0 Å². The fraction of sp³-hybridized carbons (Fsp3) is 0.381. The molecular formula is C21H27N3O2. The molecule has 0 aliphatic carbocycles. The van der Waals surface area contributed by atoms with Crippen LogP contribution >= 0.6 is 0 Å². The van der Waals surface area contributed by atoms with E-state index in [4.69, 9.17) is 0 Å². The SMILES string of the molecule is CC(=O)Nc1cccc(NC2CCN(CC(O)c3ccccc3)CC2)c1. The van der Waals surface area contributed by atoms with Gasteiger partial charge in [0.25, 0.3) is 0 Å². The van der Waals surface area contributed by atoms with Crippen molar-refractivity contribution in [1.29, 1.82) is 0 Å². The quantitative estimate of drug-likeness (QED) is 0.746. The van der Waals surface area contributed by atoms with Crippen LogP contribution in [-0.2, 0) is 4.79 Å². The van der Waals surface area contributed by atoms with E-state index in [2.05, 4.69) is 15.5 Å². The van der Waals surface area contributed by atoms with Gasteiger partial charge in [-0.3, -0.25) is 4.79 Å². The molecule has 138 valence electrons. The third kappa shape index (κ3) is 5.31. The number of benzene rings is 2. The summed E-state index contributed by atoms with van der Waals surface area (Å²) in [7, 11) is 0. The first-order valence-electron chi connectivity index (χ1n) is 9.20. The van der Waals surface area contributed by atoms with E-state index in [1.165, 1.54) is 6.92 Å². The van der Waals surface area contributed by atoms with Gasteiger partial charge in [0, 0.05) is 44.0 Å². The van der Waals surface area contributed by atoms with Crippen LogP contribution in [0.15, 0.2) is 54.6 Å². The number of likely N-dealkylation sites (tertiary alicyclic amines) is 1. The summed E-state index contributed by atoms with van der Waals surface area (Å²) in [4.78, 5) is 13.5. The molecule has 1 heterocycles. The summed E-state index contributed by atoms with van der Waals surface area (Å²) in [6.07, 6.45) is 1.63.